The molecule has 0 bridgehead atoms. The van der Waals surface area contributed by atoms with Crippen LogP contribution in [-0.2, 0) is 19.4 Å². The van der Waals surface area contributed by atoms with Crippen molar-refractivity contribution < 1.29 is 0 Å². The summed E-state index contributed by atoms with van der Waals surface area (Å²) in [5.41, 5.74) is 2.81. The van der Waals surface area contributed by atoms with E-state index in [2.05, 4.69) is 62.5 Å². The lowest BCUT2D eigenvalue weighted by Crippen LogP contribution is -2.19. The Bertz CT molecular complexity index is 512. The first-order valence-corrected chi connectivity index (χ1v) is 8.48. The fraction of sp³-hybridized carbons (Fsp3) is 0.444. The van der Waals surface area contributed by atoms with Crippen molar-refractivity contribution >= 4 is 11.3 Å². The molecule has 1 aromatic heterocycles. The molecule has 1 aromatic carbocycles. The van der Waals surface area contributed by atoms with Crippen LogP contribution in [0, 0.1) is 0 Å². The van der Waals surface area contributed by atoms with Crippen molar-refractivity contribution in [2.24, 2.45) is 0 Å². The van der Waals surface area contributed by atoms with Gasteiger partial charge in [0.05, 0.1) is 0 Å². The van der Waals surface area contributed by atoms with Crippen LogP contribution in [0.1, 0.15) is 54.1 Å². The first-order chi connectivity index (χ1) is 9.76. The van der Waals surface area contributed by atoms with Crippen LogP contribution in [0.5, 0.6) is 0 Å². The van der Waals surface area contributed by atoms with Crippen LogP contribution >= 0.6 is 11.3 Å². The average molecular weight is 287 g/mol. The Labute approximate surface area is 127 Å². The zero-order chi connectivity index (χ0) is 14.4. The molecule has 0 aliphatic heterocycles. The van der Waals surface area contributed by atoms with Gasteiger partial charge in [-0.3, -0.25) is 0 Å². The number of hydrogen-bond donors (Lipinski definition) is 1. The maximum atomic E-state index is 3.69. The summed E-state index contributed by atoms with van der Waals surface area (Å²) in [5, 5.41) is 3.69. The zero-order valence-electron chi connectivity index (χ0n) is 12.8. The molecule has 0 fully saturated rings. The summed E-state index contributed by atoms with van der Waals surface area (Å²) in [4.78, 5) is 2.91. The van der Waals surface area contributed by atoms with E-state index in [1.807, 2.05) is 11.3 Å². The molecule has 20 heavy (non-hydrogen) atoms. The molecule has 1 N–H and O–H groups in total. The number of nitrogens with one attached hydrogen (secondary N) is 1. The van der Waals surface area contributed by atoms with E-state index in [0.717, 1.165) is 25.8 Å². The molecule has 1 nitrogen and oxygen atoms in total. The van der Waals surface area contributed by atoms with Gasteiger partial charge in [-0.1, -0.05) is 45.0 Å². The largest absolute Gasteiger partial charge is 0.305 e. The lowest BCUT2D eigenvalue weighted by atomic mass is 10.0. The minimum atomic E-state index is 0.452. The van der Waals surface area contributed by atoms with Crippen LogP contribution in [0.15, 0.2) is 36.4 Å². The molecule has 1 heterocycles. The molecule has 0 aliphatic carbocycles. The fourth-order valence-corrected chi connectivity index (χ4v) is 3.32. The Hall–Kier alpha value is -1.12. The van der Waals surface area contributed by atoms with Crippen LogP contribution in [0.3, 0.4) is 0 Å². The SMILES string of the molecule is CCc1ccc(C(CC)NCc2ccc(CC)s2)cc1. The van der Waals surface area contributed by atoms with Crippen LogP contribution in [-0.4, -0.2) is 0 Å². The first kappa shape index (κ1) is 15.3. The van der Waals surface area contributed by atoms with E-state index < -0.39 is 0 Å². The molecule has 108 valence electrons. The third kappa shape index (κ3) is 3.94. The van der Waals surface area contributed by atoms with Crippen molar-refractivity contribution in [3.63, 3.8) is 0 Å². The molecule has 2 rings (SSSR count). The molecular weight excluding hydrogens is 262 g/mol. The van der Waals surface area contributed by atoms with Crippen LogP contribution in [0.25, 0.3) is 0 Å². The quantitative estimate of drug-likeness (QED) is 0.746. The lowest BCUT2D eigenvalue weighted by Gasteiger charge is -2.17. The summed E-state index contributed by atoms with van der Waals surface area (Å²) in [7, 11) is 0. The predicted molar refractivity (Wildman–Crippen MR) is 89.4 cm³/mol. The van der Waals surface area contributed by atoms with Crippen molar-refractivity contribution in [1.29, 1.82) is 0 Å². The Morgan fingerprint density at radius 1 is 0.900 bits per heavy atom. The molecule has 0 amide bonds. The van der Waals surface area contributed by atoms with E-state index in [-0.39, 0.29) is 0 Å². The molecule has 0 aliphatic rings. The molecule has 2 aromatic rings. The van der Waals surface area contributed by atoms with Crippen molar-refractivity contribution in [3.05, 3.63) is 57.3 Å². The topological polar surface area (TPSA) is 12.0 Å². The molecule has 1 atom stereocenters. The van der Waals surface area contributed by atoms with Crippen molar-refractivity contribution in [3.8, 4) is 0 Å². The average Bonchev–Trinajstić information content (AvgIpc) is 2.96. The van der Waals surface area contributed by atoms with Gasteiger partial charge in [-0.05, 0) is 42.5 Å². The van der Waals surface area contributed by atoms with Gasteiger partial charge in [-0.15, -0.1) is 11.3 Å². The lowest BCUT2D eigenvalue weighted by molar-refractivity contribution is 0.522. The van der Waals surface area contributed by atoms with Crippen molar-refractivity contribution in [2.45, 2.75) is 52.6 Å². The number of aryl methyl sites for hydroxylation is 2. The minimum absolute atomic E-state index is 0.452. The summed E-state index contributed by atoms with van der Waals surface area (Å²) in [6.45, 7) is 7.63. The summed E-state index contributed by atoms with van der Waals surface area (Å²) < 4.78 is 0. The van der Waals surface area contributed by atoms with Gasteiger partial charge in [-0.25, -0.2) is 0 Å². The highest BCUT2D eigenvalue weighted by molar-refractivity contribution is 7.11. The van der Waals surface area contributed by atoms with E-state index >= 15 is 0 Å². The highest BCUT2D eigenvalue weighted by atomic mass is 32.1. The molecular formula is C18H25NS. The predicted octanol–water partition coefficient (Wildman–Crippen LogP) is 5.11. The van der Waals surface area contributed by atoms with Gasteiger partial charge < -0.3 is 5.32 Å². The van der Waals surface area contributed by atoms with Crippen LogP contribution in [0.2, 0.25) is 0 Å². The summed E-state index contributed by atoms with van der Waals surface area (Å²) >= 11 is 1.92. The number of thiophene rings is 1. The molecule has 2 heteroatoms. The zero-order valence-corrected chi connectivity index (χ0v) is 13.6. The minimum Gasteiger partial charge on any atom is -0.305 e. The number of rotatable bonds is 7. The van der Waals surface area contributed by atoms with Crippen LogP contribution in [0.4, 0.5) is 0 Å². The molecule has 1 unspecified atom stereocenters. The van der Waals surface area contributed by atoms with Gasteiger partial charge in [0.1, 0.15) is 0 Å². The standard InChI is InChI=1S/C18H25NS/c1-4-14-7-9-15(10-8-14)18(6-3)19-13-17-12-11-16(5-2)20-17/h7-12,18-19H,4-6,13H2,1-3H3. The Morgan fingerprint density at radius 3 is 2.15 bits per heavy atom. The monoisotopic (exact) mass is 287 g/mol. The summed E-state index contributed by atoms with van der Waals surface area (Å²) in [6.07, 6.45) is 3.37. The Balaban J connectivity index is 1.97. The van der Waals surface area contributed by atoms with Gasteiger partial charge >= 0.3 is 0 Å². The van der Waals surface area contributed by atoms with E-state index in [0.29, 0.717) is 6.04 Å². The molecule has 0 spiro atoms. The van der Waals surface area contributed by atoms with Gasteiger partial charge in [0.2, 0.25) is 0 Å². The van der Waals surface area contributed by atoms with E-state index in [1.54, 1.807) is 0 Å². The van der Waals surface area contributed by atoms with Gasteiger partial charge in [-0.2, -0.15) is 0 Å². The Kier molecular flexibility index (Phi) is 5.81. The van der Waals surface area contributed by atoms with E-state index in [9.17, 15) is 0 Å². The van der Waals surface area contributed by atoms with E-state index in [4.69, 9.17) is 0 Å². The maximum Gasteiger partial charge on any atom is 0.0320 e. The first-order valence-electron chi connectivity index (χ1n) is 7.66. The van der Waals surface area contributed by atoms with Crippen LogP contribution < -0.4 is 5.32 Å². The normalized spacial score (nSPS) is 12.6. The van der Waals surface area contributed by atoms with Gasteiger partial charge in [0.25, 0.3) is 0 Å². The number of benzene rings is 1. The van der Waals surface area contributed by atoms with Crippen molar-refractivity contribution in [1.82, 2.24) is 5.32 Å². The van der Waals surface area contributed by atoms with Crippen molar-refractivity contribution in [2.75, 3.05) is 0 Å². The summed E-state index contributed by atoms with van der Waals surface area (Å²) in [5.74, 6) is 0. The third-order valence-electron chi connectivity index (χ3n) is 3.79. The number of hydrogen-bond acceptors (Lipinski definition) is 2. The third-order valence-corrected chi connectivity index (χ3v) is 5.02. The Morgan fingerprint density at radius 2 is 1.60 bits per heavy atom. The van der Waals surface area contributed by atoms with Gasteiger partial charge in [0, 0.05) is 22.3 Å². The highest BCUT2D eigenvalue weighted by Crippen LogP contribution is 2.21. The fourth-order valence-electron chi connectivity index (χ4n) is 2.41. The molecule has 0 radical (unpaired) electrons. The highest BCUT2D eigenvalue weighted by Gasteiger charge is 2.09. The van der Waals surface area contributed by atoms with Gasteiger partial charge in [0.15, 0.2) is 0 Å². The van der Waals surface area contributed by atoms with E-state index in [1.165, 1.54) is 20.9 Å². The molecule has 0 saturated carbocycles. The second kappa shape index (κ2) is 7.61. The second-order valence-corrected chi connectivity index (χ2v) is 6.41. The molecule has 0 saturated heterocycles. The maximum absolute atomic E-state index is 3.69. The second-order valence-electron chi connectivity index (χ2n) is 5.16. The smallest absolute Gasteiger partial charge is 0.0320 e. The summed E-state index contributed by atoms with van der Waals surface area (Å²) in [6, 6.07) is 14.0.